The van der Waals surface area contributed by atoms with Crippen LogP contribution in [0.5, 0.6) is 0 Å². The van der Waals surface area contributed by atoms with Gasteiger partial charge in [0.15, 0.2) is 0 Å². The van der Waals surface area contributed by atoms with E-state index in [0.29, 0.717) is 24.2 Å². The normalized spacial score (nSPS) is 21.8. The van der Waals surface area contributed by atoms with E-state index in [9.17, 15) is 4.79 Å². The molecule has 1 aliphatic heterocycles. The van der Waals surface area contributed by atoms with Crippen LogP contribution in [0.4, 0.5) is 0 Å². The summed E-state index contributed by atoms with van der Waals surface area (Å²) < 4.78 is 5.46. The highest BCUT2D eigenvalue weighted by Crippen LogP contribution is 2.34. The molecule has 22 heavy (non-hydrogen) atoms. The first kappa shape index (κ1) is 13.5. The van der Waals surface area contributed by atoms with Gasteiger partial charge in [-0.25, -0.2) is 0 Å². The van der Waals surface area contributed by atoms with E-state index in [4.69, 9.17) is 4.52 Å². The third-order valence-electron chi connectivity index (χ3n) is 4.48. The highest BCUT2D eigenvalue weighted by molar-refractivity contribution is 5.81. The van der Waals surface area contributed by atoms with Gasteiger partial charge in [-0.2, -0.15) is 4.98 Å². The van der Waals surface area contributed by atoms with Crippen molar-refractivity contribution in [2.75, 3.05) is 13.1 Å². The Bertz CT molecular complexity index is 664. The molecule has 1 atom stereocenters. The second-order valence-corrected chi connectivity index (χ2v) is 6.22. The number of hydrogen-bond acceptors (Lipinski definition) is 4. The summed E-state index contributed by atoms with van der Waals surface area (Å²) in [5.41, 5.74) is 0.958. The van der Waals surface area contributed by atoms with Crippen LogP contribution in [0.25, 0.3) is 11.4 Å². The molecule has 1 aromatic heterocycles. The van der Waals surface area contributed by atoms with Crippen molar-refractivity contribution in [3.8, 4) is 11.4 Å². The average Bonchev–Trinajstić information content (AvgIpc) is 3.31. The van der Waals surface area contributed by atoms with Crippen molar-refractivity contribution in [2.24, 2.45) is 5.92 Å². The van der Waals surface area contributed by atoms with Crippen LogP contribution in [0.1, 0.15) is 37.5 Å². The zero-order chi connectivity index (χ0) is 14.9. The number of nitrogens with zero attached hydrogens (tertiary/aromatic N) is 3. The Morgan fingerprint density at radius 1 is 1.18 bits per heavy atom. The lowest BCUT2D eigenvalue weighted by atomic mass is 9.97. The zero-order valence-corrected chi connectivity index (χ0v) is 12.4. The fraction of sp³-hybridized carbons (Fsp3) is 0.471. The molecule has 2 fully saturated rings. The number of likely N-dealkylation sites (tertiary alicyclic amines) is 1. The zero-order valence-electron chi connectivity index (χ0n) is 12.4. The number of aromatic nitrogens is 2. The lowest BCUT2D eigenvalue weighted by Crippen LogP contribution is -2.40. The van der Waals surface area contributed by atoms with Gasteiger partial charge < -0.3 is 9.42 Å². The molecule has 5 heteroatoms. The Morgan fingerprint density at radius 3 is 2.77 bits per heavy atom. The van der Waals surface area contributed by atoms with Crippen molar-refractivity contribution in [2.45, 2.75) is 31.6 Å². The van der Waals surface area contributed by atoms with Gasteiger partial charge in [0.25, 0.3) is 0 Å². The van der Waals surface area contributed by atoms with Crippen LogP contribution in [-0.4, -0.2) is 34.0 Å². The average molecular weight is 297 g/mol. The van der Waals surface area contributed by atoms with E-state index in [0.717, 1.165) is 37.8 Å². The standard InChI is InChI=1S/C17H19N3O2/c21-17(13-8-9-13)20-10-4-7-14(11-20)16-18-15(19-22-16)12-5-2-1-3-6-12/h1-3,5-6,13-14H,4,7-11H2/t14-/m0/s1. The Hall–Kier alpha value is -2.17. The van der Waals surface area contributed by atoms with Gasteiger partial charge in [-0.3, -0.25) is 4.79 Å². The van der Waals surface area contributed by atoms with Crippen LogP contribution in [-0.2, 0) is 4.79 Å². The van der Waals surface area contributed by atoms with Gasteiger partial charge >= 0.3 is 0 Å². The molecule has 2 aromatic rings. The van der Waals surface area contributed by atoms with Gasteiger partial charge in [0.1, 0.15) is 0 Å². The van der Waals surface area contributed by atoms with Gasteiger partial charge in [-0.15, -0.1) is 0 Å². The summed E-state index contributed by atoms with van der Waals surface area (Å²) in [6.45, 7) is 1.58. The monoisotopic (exact) mass is 297 g/mol. The summed E-state index contributed by atoms with van der Waals surface area (Å²) in [6.07, 6.45) is 4.12. The van der Waals surface area contributed by atoms with Crippen LogP contribution < -0.4 is 0 Å². The number of benzene rings is 1. The molecule has 1 aromatic carbocycles. The number of carbonyl (C=O) groups excluding carboxylic acids is 1. The van der Waals surface area contributed by atoms with Crippen molar-refractivity contribution >= 4 is 5.91 Å². The SMILES string of the molecule is O=C(C1CC1)N1CCC[C@H](c2nc(-c3ccccc3)no2)C1. The topological polar surface area (TPSA) is 59.2 Å². The fourth-order valence-electron chi connectivity index (χ4n) is 3.07. The molecule has 1 aliphatic carbocycles. The van der Waals surface area contributed by atoms with E-state index in [1.165, 1.54) is 0 Å². The van der Waals surface area contributed by atoms with Gasteiger partial charge in [0.05, 0.1) is 5.92 Å². The maximum Gasteiger partial charge on any atom is 0.231 e. The predicted octanol–water partition coefficient (Wildman–Crippen LogP) is 2.85. The maximum absolute atomic E-state index is 12.2. The molecule has 2 aliphatic rings. The van der Waals surface area contributed by atoms with Crippen LogP contribution in [0.15, 0.2) is 34.9 Å². The molecule has 1 saturated carbocycles. The van der Waals surface area contributed by atoms with Gasteiger partial charge in [0.2, 0.25) is 17.6 Å². The van der Waals surface area contributed by atoms with Crippen LogP contribution >= 0.6 is 0 Å². The molecular weight excluding hydrogens is 278 g/mol. The Balaban J connectivity index is 1.49. The maximum atomic E-state index is 12.2. The van der Waals surface area contributed by atoms with Gasteiger partial charge in [-0.05, 0) is 25.7 Å². The van der Waals surface area contributed by atoms with E-state index in [-0.39, 0.29) is 11.8 Å². The number of rotatable bonds is 3. The first-order chi connectivity index (χ1) is 10.8. The molecule has 0 radical (unpaired) electrons. The van der Waals surface area contributed by atoms with E-state index in [1.54, 1.807) is 0 Å². The summed E-state index contributed by atoms with van der Waals surface area (Å²) in [5.74, 6) is 2.05. The van der Waals surface area contributed by atoms with Crippen LogP contribution in [0, 0.1) is 5.92 Å². The van der Waals surface area contributed by atoms with Crippen molar-refractivity contribution in [1.82, 2.24) is 15.0 Å². The molecule has 5 nitrogen and oxygen atoms in total. The quantitative estimate of drug-likeness (QED) is 0.874. The van der Waals surface area contributed by atoms with Gasteiger partial charge in [0, 0.05) is 24.6 Å². The Labute approximate surface area is 129 Å². The summed E-state index contributed by atoms with van der Waals surface area (Å²) in [7, 11) is 0. The summed E-state index contributed by atoms with van der Waals surface area (Å²) >= 11 is 0. The molecule has 1 amide bonds. The molecule has 1 saturated heterocycles. The molecule has 0 bridgehead atoms. The largest absolute Gasteiger partial charge is 0.342 e. The molecule has 4 rings (SSSR count). The smallest absolute Gasteiger partial charge is 0.231 e. The first-order valence-corrected chi connectivity index (χ1v) is 7.99. The first-order valence-electron chi connectivity index (χ1n) is 7.99. The molecule has 0 unspecified atom stereocenters. The summed E-state index contributed by atoms with van der Waals surface area (Å²) in [6, 6.07) is 9.83. The van der Waals surface area contributed by atoms with Crippen molar-refractivity contribution < 1.29 is 9.32 Å². The highest BCUT2D eigenvalue weighted by Gasteiger charge is 2.36. The lowest BCUT2D eigenvalue weighted by molar-refractivity contribution is -0.133. The van der Waals surface area contributed by atoms with Crippen molar-refractivity contribution in [3.05, 3.63) is 36.2 Å². The summed E-state index contributed by atoms with van der Waals surface area (Å²) in [4.78, 5) is 18.8. The molecule has 0 N–H and O–H groups in total. The number of carbonyl (C=O) groups is 1. The van der Waals surface area contributed by atoms with E-state index in [2.05, 4.69) is 10.1 Å². The van der Waals surface area contributed by atoms with E-state index < -0.39 is 0 Å². The minimum Gasteiger partial charge on any atom is -0.342 e. The van der Waals surface area contributed by atoms with Crippen LogP contribution in [0.3, 0.4) is 0 Å². The van der Waals surface area contributed by atoms with Gasteiger partial charge in [-0.1, -0.05) is 35.5 Å². The third-order valence-corrected chi connectivity index (χ3v) is 4.48. The molecule has 114 valence electrons. The fourth-order valence-corrected chi connectivity index (χ4v) is 3.07. The second kappa shape index (κ2) is 5.55. The molecule has 0 spiro atoms. The minimum absolute atomic E-state index is 0.168. The van der Waals surface area contributed by atoms with E-state index in [1.807, 2.05) is 35.2 Å². The highest BCUT2D eigenvalue weighted by atomic mass is 16.5. The predicted molar refractivity (Wildman–Crippen MR) is 81.0 cm³/mol. The number of amides is 1. The summed E-state index contributed by atoms with van der Waals surface area (Å²) in [5, 5.41) is 4.09. The van der Waals surface area contributed by atoms with Crippen molar-refractivity contribution in [1.29, 1.82) is 0 Å². The Kier molecular flexibility index (Phi) is 3.41. The lowest BCUT2D eigenvalue weighted by Gasteiger charge is -2.31. The number of hydrogen-bond donors (Lipinski definition) is 0. The third kappa shape index (κ3) is 2.63. The van der Waals surface area contributed by atoms with E-state index >= 15 is 0 Å². The Morgan fingerprint density at radius 2 is 2.00 bits per heavy atom. The van der Waals surface area contributed by atoms with Crippen LogP contribution in [0.2, 0.25) is 0 Å². The second-order valence-electron chi connectivity index (χ2n) is 6.22. The molecular formula is C17H19N3O2. The number of piperidine rings is 1. The minimum atomic E-state index is 0.168. The molecule has 2 heterocycles. The van der Waals surface area contributed by atoms with Crippen molar-refractivity contribution in [3.63, 3.8) is 0 Å².